The van der Waals surface area contributed by atoms with Gasteiger partial charge in [-0.3, -0.25) is 5.41 Å². The monoisotopic (exact) mass is 154 g/mol. The zero-order valence-corrected chi connectivity index (χ0v) is 5.33. The lowest BCUT2D eigenvalue weighted by Crippen LogP contribution is -2.42. The Kier molecular flexibility index (Phi) is 3.18. The van der Waals surface area contributed by atoms with Gasteiger partial charge in [-0.25, -0.2) is 13.2 Å². The van der Waals surface area contributed by atoms with E-state index in [1.807, 2.05) is 0 Å². The molecule has 0 unspecified atom stereocenters. The zero-order valence-electron chi connectivity index (χ0n) is 5.33. The summed E-state index contributed by atoms with van der Waals surface area (Å²) in [5.74, 6) is -0.778. The molecule has 0 aromatic heterocycles. The molecular formula is C5H9F3N2. The molecule has 0 radical (unpaired) electrons. The second kappa shape index (κ2) is 3.43. The minimum absolute atomic E-state index is 0.778. The van der Waals surface area contributed by atoms with Crippen LogP contribution in [0.1, 0.15) is 0 Å². The minimum atomic E-state index is -2.01. The summed E-state index contributed by atoms with van der Waals surface area (Å²) < 4.78 is 35.6. The van der Waals surface area contributed by atoms with Gasteiger partial charge in [0.25, 0.3) is 0 Å². The van der Waals surface area contributed by atoms with Gasteiger partial charge in [0.05, 0.1) is 0 Å². The molecule has 0 aliphatic rings. The quantitative estimate of drug-likeness (QED) is 0.457. The van der Waals surface area contributed by atoms with Crippen molar-refractivity contribution in [3.05, 3.63) is 0 Å². The van der Waals surface area contributed by atoms with E-state index >= 15 is 0 Å². The Bertz CT molecular complexity index is 114. The molecule has 0 aliphatic heterocycles. The van der Waals surface area contributed by atoms with Gasteiger partial charge in [0, 0.05) is 0 Å². The van der Waals surface area contributed by atoms with Crippen molar-refractivity contribution >= 4 is 5.84 Å². The third kappa shape index (κ3) is 1.40. The molecule has 0 rings (SSSR count). The highest BCUT2D eigenvalue weighted by Crippen LogP contribution is 2.18. The maximum atomic E-state index is 11.9. The lowest BCUT2D eigenvalue weighted by Gasteiger charge is -2.21. The molecule has 0 saturated heterocycles. The van der Waals surface area contributed by atoms with E-state index in [2.05, 4.69) is 0 Å². The fraction of sp³-hybridized carbons (Fsp3) is 0.800. The van der Waals surface area contributed by atoms with E-state index in [0.29, 0.717) is 0 Å². The highest BCUT2D eigenvalue weighted by Gasteiger charge is 2.34. The van der Waals surface area contributed by atoms with E-state index in [1.54, 1.807) is 0 Å². The first-order chi connectivity index (χ1) is 4.63. The minimum Gasteiger partial charge on any atom is -0.387 e. The molecule has 5 heteroatoms. The predicted molar refractivity (Wildman–Crippen MR) is 32.3 cm³/mol. The van der Waals surface area contributed by atoms with Crippen molar-refractivity contribution in [2.75, 3.05) is 20.0 Å². The molecule has 0 heterocycles. The van der Waals surface area contributed by atoms with Gasteiger partial charge in [0.1, 0.15) is 31.3 Å². The first-order valence-corrected chi connectivity index (χ1v) is 2.65. The molecule has 0 aromatic carbocycles. The molecule has 0 saturated carbocycles. The fourth-order valence-electron chi connectivity index (χ4n) is 0.323. The maximum absolute atomic E-state index is 11.9. The average molecular weight is 154 g/mol. The molecule has 0 fully saturated rings. The topological polar surface area (TPSA) is 49.9 Å². The number of halogens is 3. The second-order valence-corrected chi connectivity index (χ2v) is 2.09. The first-order valence-electron chi connectivity index (χ1n) is 2.65. The number of hydrogen-bond acceptors (Lipinski definition) is 1. The Morgan fingerprint density at radius 3 is 1.50 bits per heavy atom. The van der Waals surface area contributed by atoms with E-state index < -0.39 is 31.3 Å². The Hall–Kier alpha value is -0.740. The van der Waals surface area contributed by atoms with Crippen LogP contribution >= 0.6 is 0 Å². The summed E-state index contributed by atoms with van der Waals surface area (Å²) >= 11 is 0. The molecule has 3 N–H and O–H groups in total. The van der Waals surface area contributed by atoms with Gasteiger partial charge < -0.3 is 5.73 Å². The highest BCUT2D eigenvalue weighted by molar-refractivity contribution is 5.84. The Labute approximate surface area is 56.7 Å². The summed E-state index contributed by atoms with van der Waals surface area (Å²) in [5.41, 5.74) is 2.75. The molecule has 60 valence electrons. The smallest absolute Gasteiger partial charge is 0.112 e. The standard InChI is InChI=1S/C5H9F3N2/c6-1-5(2-7,3-8)4(9)10/h1-3H2,(H3,9,10). The van der Waals surface area contributed by atoms with Gasteiger partial charge >= 0.3 is 0 Å². The van der Waals surface area contributed by atoms with Gasteiger partial charge in [-0.1, -0.05) is 0 Å². The zero-order chi connectivity index (χ0) is 8.20. The molecule has 0 aromatic rings. The summed E-state index contributed by atoms with van der Waals surface area (Å²) in [7, 11) is 0. The van der Waals surface area contributed by atoms with Crippen molar-refractivity contribution in [2.45, 2.75) is 0 Å². The van der Waals surface area contributed by atoms with Gasteiger partial charge in [0.15, 0.2) is 0 Å². The van der Waals surface area contributed by atoms with E-state index in [-0.39, 0.29) is 0 Å². The normalized spacial score (nSPS) is 11.5. The lowest BCUT2D eigenvalue weighted by molar-refractivity contribution is 0.181. The van der Waals surface area contributed by atoms with Crippen LogP contribution in [0.3, 0.4) is 0 Å². The number of rotatable bonds is 4. The molecule has 10 heavy (non-hydrogen) atoms. The SMILES string of the molecule is N=C(N)C(CF)(CF)CF. The van der Waals surface area contributed by atoms with Crippen molar-refractivity contribution in [3.8, 4) is 0 Å². The van der Waals surface area contributed by atoms with Crippen LogP contribution in [0.25, 0.3) is 0 Å². The van der Waals surface area contributed by atoms with Crippen molar-refractivity contribution < 1.29 is 13.2 Å². The van der Waals surface area contributed by atoms with E-state index in [9.17, 15) is 13.2 Å². The Morgan fingerprint density at radius 1 is 1.20 bits per heavy atom. The van der Waals surface area contributed by atoms with Crippen LogP contribution in [-0.2, 0) is 0 Å². The van der Waals surface area contributed by atoms with Gasteiger partial charge in [-0.15, -0.1) is 0 Å². The summed E-state index contributed by atoms with van der Waals surface area (Å²) in [6, 6.07) is 0. The van der Waals surface area contributed by atoms with Crippen molar-refractivity contribution in [1.29, 1.82) is 5.41 Å². The maximum Gasteiger partial charge on any atom is 0.112 e. The number of nitrogens with one attached hydrogen (secondary N) is 1. The third-order valence-corrected chi connectivity index (χ3v) is 1.34. The summed E-state index contributed by atoms with van der Waals surface area (Å²) in [5, 5.41) is 6.66. The van der Waals surface area contributed by atoms with Gasteiger partial charge in [-0.05, 0) is 0 Å². The van der Waals surface area contributed by atoms with Crippen molar-refractivity contribution in [1.82, 2.24) is 0 Å². The Morgan fingerprint density at radius 2 is 1.50 bits per heavy atom. The van der Waals surface area contributed by atoms with Gasteiger partial charge in [0.2, 0.25) is 0 Å². The fourth-order valence-corrected chi connectivity index (χ4v) is 0.323. The molecule has 0 amide bonds. The summed E-state index contributed by atoms with van der Waals surface area (Å²) in [6.45, 7) is -3.81. The molecule has 0 bridgehead atoms. The third-order valence-electron chi connectivity index (χ3n) is 1.34. The van der Waals surface area contributed by atoms with E-state index in [0.717, 1.165) is 0 Å². The first kappa shape index (κ1) is 9.26. The average Bonchev–Trinajstić information content (AvgIpc) is 1.92. The molecule has 0 aliphatic carbocycles. The summed E-state index contributed by atoms with van der Waals surface area (Å²) in [6.07, 6.45) is 0. The number of amidine groups is 1. The van der Waals surface area contributed by atoms with Crippen LogP contribution in [0.2, 0.25) is 0 Å². The van der Waals surface area contributed by atoms with Crippen LogP contribution in [-0.4, -0.2) is 25.9 Å². The Balaban J connectivity index is 4.31. The van der Waals surface area contributed by atoms with Crippen molar-refractivity contribution in [3.63, 3.8) is 0 Å². The number of nitrogens with two attached hydrogens (primary N) is 1. The molecule has 2 nitrogen and oxygen atoms in total. The highest BCUT2D eigenvalue weighted by atomic mass is 19.1. The molecule has 0 spiro atoms. The largest absolute Gasteiger partial charge is 0.387 e. The molecular weight excluding hydrogens is 145 g/mol. The number of alkyl halides is 3. The summed E-state index contributed by atoms with van der Waals surface area (Å²) in [4.78, 5) is 0. The van der Waals surface area contributed by atoms with Crippen LogP contribution < -0.4 is 5.73 Å². The van der Waals surface area contributed by atoms with E-state index in [4.69, 9.17) is 11.1 Å². The van der Waals surface area contributed by atoms with Crippen molar-refractivity contribution in [2.24, 2.45) is 11.1 Å². The van der Waals surface area contributed by atoms with E-state index in [1.165, 1.54) is 0 Å². The number of hydrogen-bond donors (Lipinski definition) is 2. The van der Waals surface area contributed by atoms with Crippen LogP contribution in [0, 0.1) is 10.8 Å². The molecule has 0 atom stereocenters. The lowest BCUT2D eigenvalue weighted by atomic mass is 9.92. The van der Waals surface area contributed by atoms with Crippen LogP contribution in [0.4, 0.5) is 13.2 Å². The van der Waals surface area contributed by atoms with Crippen LogP contribution in [0.5, 0.6) is 0 Å². The van der Waals surface area contributed by atoms with Crippen LogP contribution in [0.15, 0.2) is 0 Å². The van der Waals surface area contributed by atoms with Gasteiger partial charge in [-0.2, -0.15) is 0 Å². The second-order valence-electron chi connectivity index (χ2n) is 2.09. The predicted octanol–water partition coefficient (Wildman–Crippen LogP) is 0.817.